The Morgan fingerprint density at radius 2 is 1.96 bits per heavy atom. The number of hydrogen-bond acceptors (Lipinski definition) is 5. The number of nitrogens with one attached hydrogen (secondary N) is 1. The monoisotopic (exact) mass is 403 g/mol. The SMILES string of the molecule is O=C(COC(=O)C=Cc1ccc2c(c1)OCO2)Nc1ccccc1Br. The van der Waals surface area contributed by atoms with Gasteiger partial charge in [-0.2, -0.15) is 0 Å². The summed E-state index contributed by atoms with van der Waals surface area (Å²) in [6, 6.07) is 12.5. The summed E-state index contributed by atoms with van der Waals surface area (Å²) >= 11 is 3.32. The van der Waals surface area contributed by atoms with Crippen molar-refractivity contribution in [1.82, 2.24) is 0 Å². The van der Waals surface area contributed by atoms with Gasteiger partial charge in [0.2, 0.25) is 6.79 Å². The van der Waals surface area contributed by atoms with Gasteiger partial charge in [-0.05, 0) is 51.8 Å². The number of para-hydroxylation sites is 1. The molecule has 1 aliphatic heterocycles. The van der Waals surface area contributed by atoms with Crippen LogP contribution in [0.1, 0.15) is 5.56 Å². The second-order valence-corrected chi connectivity index (χ2v) is 5.94. The third-order valence-corrected chi connectivity index (χ3v) is 3.99. The molecule has 0 atom stereocenters. The average Bonchev–Trinajstić information content (AvgIpc) is 3.08. The normalized spacial score (nSPS) is 12.2. The molecule has 25 heavy (non-hydrogen) atoms. The van der Waals surface area contributed by atoms with Gasteiger partial charge in [0, 0.05) is 10.5 Å². The van der Waals surface area contributed by atoms with Gasteiger partial charge in [-0.15, -0.1) is 0 Å². The molecule has 0 radical (unpaired) electrons. The minimum Gasteiger partial charge on any atom is -0.454 e. The molecule has 0 saturated heterocycles. The standard InChI is InChI=1S/C18H14BrNO5/c19-13-3-1-2-4-14(13)20-17(21)10-23-18(22)8-6-12-5-7-15-16(9-12)25-11-24-15/h1-9H,10-11H2,(H,20,21). The van der Waals surface area contributed by atoms with E-state index in [-0.39, 0.29) is 13.4 Å². The third kappa shape index (κ3) is 4.60. The zero-order valence-corrected chi connectivity index (χ0v) is 14.6. The van der Waals surface area contributed by atoms with Gasteiger partial charge in [-0.3, -0.25) is 4.79 Å². The average molecular weight is 404 g/mol. The molecule has 7 heteroatoms. The summed E-state index contributed by atoms with van der Waals surface area (Å²) in [6.45, 7) is -0.178. The van der Waals surface area contributed by atoms with E-state index >= 15 is 0 Å². The molecule has 3 rings (SSSR count). The van der Waals surface area contributed by atoms with Crippen molar-refractivity contribution in [3.63, 3.8) is 0 Å². The number of rotatable bonds is 5. The van der Waals surface area contributed by atoms with Crippen LogP contribution in [0.15, 0.2) is 53.0 Å². The molecule has 0 bridgehead atoms. The Hall–Kier alpha value is -2.80. The summed E-state index contributed by atoms with van der Waals surface area (Å²) < 4.78 is 16.1. The highest BCUT2D eigenvalue weighted by Gasteiger charge is 2.12. The van der Waals surface area contributed by atoms with Crippen molar-refractivity contribution in [2.24, 2.45) is 0 Å². The van der Waals surface area contributed by atoms with Gasteiger partial charge in [0.15, 0.2) is 18.1 Å². The molecule has 2 aromatic rings. The van der Waals surface area contributed by atoms with Gasteiger partial charge in [-0.1, -0.05) is 18.2 Å². The molecule has 1 amide bonds. The first-order valence-electron chi connectivity index (χ1n) is 7.41. The number of halogens is 1. The minimum atomic E-state index is -0.611. The van der Waals surface area contributed by atoms with Crippen LogP contribution >= 0.6 is 15.9 Å². The first kappa shape index (κ1) is 17.0. The number of amides is 1. The van der Waals surface area contributed by atoms with Crippen molar-refractivity contribution in [2.45, 2.75) is 0 Å². The summed E-state index contributed by atoms with van der Waals surface area (Å²) in [4.78, 5) is 23.5. The molecule has 1 N–H and O–H groups in total. The number of carbonyl (C=O) groups is 2. The highest BCUT2D eigenvalue weighted by molar-refractivity contribution is 9.10. The van der Waals surface area contributed by atoms with Gasteiger partial charge in [0.1, 0.15) is 0 Å². The van der Waals surface area contributed by atoms with E-state index in [4.69, 9.17) is 14.2 Å². The molecule has 6 nitrogen and oxygen atoms in total. The van der Waals surface area contributed by atoms with E-state index in [1.165, 1.54) is 6.08 Å². The van der Waals surface area contributed by atoms with Crippen LogP contribution in [0.2, 0.25) is 0 Å². The van der Waals surface area contributed by atoms with Gasteiger partial charge < -0.3 is 19.5 Å². The summed E-state index contributed by atoms with van der Waals surface area (Å²) in [5, 5.41) is 2.65. The quantitative estimate of drug-likeness (QED) is 0.611. The Kier molecular flexibility index (Phi) is 5.35. The van der Waals surface area contributed by atoms with E-state index in [1.54, 1.807) is 42.5 Å². The van der Waals surface area contributed by atoms with Crippen LogP contribution in [-0.2, 0) is 14.3 Å². The van der Waals surface area contributed by atoms with E-state index in [1.807, 2.05) is 6.07 Å². The molecule has 0 unspecified atom stereocenters. The van der Waals surface area contributed by atoms with Crippen molar-refractivity contribution in [1.29, 1.82) is 0 Å². The van der Waals surface area contributed by atoms with E-state index < -0.39 is 11.9 Å². The maximum absolute atomic E-state index is 11.8. The van der Waals surface area contributed by atoms with Crippen LogP contribution in [-0.4, -0.2) is 25.3 Å². The molecular formula is C18H14BrNO5. The second-order valence-electron chi connectivity index (χ2n) is 5.08. The van der Waals surface area contributed by atoms with E-state index in [2.05, 4.69) is 21.2 Å². The Morgan fingerprint density at radius 3 is 2.80 bits per heavy atom. The third-order valence-electron chi connectivity index (χ3n) is 3.30. The second kappa shape index (κ2) is 7.85. The Bertz CT molecular complexity index is 834. The van der Waals surface area contributed by atoms with Crippen LogP contribution in [0.3, 0.4) is 0 Å². The maximum Gasteiger partial charge on any atom is 0.331 e. The van der Waals surface area contributed by atoms with E-state index in [9.17, 15) is 9.59 Å². The Morgan fingerprint density at radius 1 is 1.16 bits per heavy atom. The summed E-state index contributed by atoms with van der Waals surface area (Å²) in [6.07, 6.45) is 2.83. The number of ether oxygens (including phenoxy) is 3. The van der Waals surface area contributed by atoms with Crippen LogP contribution in [0.4, 0.5) is 5.69 Å². The first-order valence-corrected chi connectivity index (χ1v) is 8.20. The lowest BCUT2D eigenvalue weighted by Crippen LogP contribution is -2.20. The fraction of sp³-hybridized carbons (Fsp3) is 0.111. The lowest BCUT2D eigenvalue weighted by atomic mass is 10.2. The molecule has 0 spiro atoms. The van der Waals surface area contributed by atoms with Crippen LogP contribution in [0, 0.1) is 0 Å². The van der Waals surface area contributed by atoms with Crippen molar-refractivity contribution < 1.29 is 23.8 Å². The molecule has 0 aliphatic carbocycles. The predicted octanol–water partition coefficient (Wildman–Crippen LogP) is 3.37. The van der Waals surface area contributed by atoms with Crippen molar-refractivity contribution in [3.05, 3.63) is 58.6 Å². The smallest absolute Gasteiger partial charge is 0.331 e. The lowest BCUT2D eigenvalue weighted by Gasteiger charge is -2.07. The number of carbonyl (C=O) groups excluding carboxylic acids is 2. The predicted molar refractivity (Wildman–Crippen MR) is 95.3 cm³/mol. The topological polar surface area (TPSA) is 73.9 Å². The number of benzene rings is 2. The number of anilines is 1. The van der Waals surface area contributed by atoms with Crippen molar-refractivity contribution in [3.8, 4) is 11.5 Å². The maximum atomic E-state index is 11.8. The van der Waals surface area contributed by atoms with Crippen LogP contribution in [0.25, 0.3) is 6.08 Å². The fourth-order valence-electron chi connectivity index (χ4n) is 2.11. The highest BCUT2D eigenvalue weighted by atomic mass is 79.9. The molecule has 128 valence electrons. The Balaban J connectivity index is 1.49. The lowest BCUT2D eigenvalue weighted by molar-refractivity contribution is -0.142. The van der Waals surface area contributed by atoms with Gasteiger partial charge >= 0.3 is 5.97 Å². The fourth-order valence-corrected chi connectivity index (χ4v) is 2.50. The molecule has 0 fully saturated rings. The summed E-state index contributed by atoms with van der Waals surface area (Å²) in [7, 11) is 0. The zero-order chi connectivity index (χ0) is 17.6. The van der Waals surface area contributed by atoms with E-state index in [0.29, 0.717) is 17.2 Å². The molecule has 0 aromatic heterocycles. The molecule has 2 aromatic carbocycles. The zero-order valence-electron chi connectivity index (χ0n) is 13.0. The number of hydrogen-bond donors (Lipinski definition) is 1. The van der Waals surface area contributed by atoms with Crippen LogP contribution in [0.5, 0.6) is 11.5 Å². The summed E-state index contributed by atoms with van der Waals surface area (Å²) in [5.41, 5.74) is 1.37. The summed E-state index contributed by atoms with van der Waals surface area (Å²) in [5.74, 6) is 0.267. The molecule has 0 saturated carbocycles. The highest BCUT2D eigenvalue weighted by Crippen LogP contribution is 2.32. The molecule has 1 heterocycles. The molecular weight excluding hydrogens is 390 g/mol. The Labute approximate surface area is 152 Å². The number of esters is 1. The van der Waals surface area contributed by atoms with Crippen molar-refractivity contribution >= 4 is 39.6 Å². The first-order chi connectivity index (χ1) is 12.1. The van der Waals surface area contributed by atoms with Gasteiger partial charge in [-0.25, -0.2) is 4.79 Å². The van der Waals surface area contributed by atoms with Gasteiger partial charge in [0.05, 0.1) is 5.69 Å². The molecule has 1 aliphatic rings. The van der Waals surface area contributed by atoms with Crippen LogP contribution < -0.4 is 14.8 Å². The van der Waals surface area contributed by atoms with Gasteiger partial charge in [0.25, 0.3) is 5.91 Å². The van der Waals surface area contributed by atoms with Crippen molar-refractivity contribution in [2.75, 3.05) is 18.7 Å². The minimum absolute atomic E-state index is 0.192. The van der Waals surface area contributed by atoms with E-state index in [0.717, 1.165) is 10.0 Å². The largest absolute Gasteiger partial charge is 0.454 e. The number of fused-ring (bicyclic) bond motifs is 1.